The van der Waals surface area contributed by atoms with Crippen LogP contribution in [-0.2, 0) is 11.3 Å². The first kappa shape index (κ1) is 13.2. The van der Waals surface area contributed by atoms with Crippen molar-refractivity contribution in [3.8, 4) is 0 Å². The third-order valence-electron chi connectivity index (χ3n) is 3.10. The van der Waals surface area contributed by atoms with Crippen LogP contribution in [0.25, 0.3) is 0 Å². The average molecular weight is 283 g/mol. The van der Waals surface area contributed by atoms with Crippen LogP contribution in [0.2, 0.25) is 0 Å². The molecule has 1 aromatic carbocycles. The number of allylic oxidation sites excluding steroid dienone is 1. The highest BCUT2D eigenvalue weighted by atomic mass is 16.6. The molecule has 21 heavy (non-hydrogen) atoms. The summed E-state index contributed by atoms with van der Waals surface area (Å²) in [5.74, 6) is 0.834. The van der Waals surface area contributed by atoms with Crippen molar-refractivity contribution >= 4 is 11.9 Å². The number of ether oxygens (including phenoxy) is 1. The number of hydrogen-bond acceptors (Lipinski definition) is 4. The number of rotatable bonds is 4. The van der Waals surface area contributed by atoms with E-state index in [1.807, 2.05) is 6.07 Å². The predicted octanol–water partition coefficient (Wildman–Crippen LogP) is 3.00. The van der Waals surface area contributed by atoms with E-state index in [2.05, 4.69) is 0 Å². The molecule has 1 aliphatic heterocycles. The van der Waals surface area contributed by atoms with E-state index in [9.17, 15) is 9.59 Å². The van der Waals surface area contributed by atoms with Crippen LogP contribution in [0.3, 0.4) is 0 Å². The number of nitrogens with zero attached hydrogens (tertiary/aromatic N) is 1. The summed E-state index contributed by atoms with van der Waals surface area (Å²) in [6, 6.07) is 12.4. The van der Waals surface area contributed by atoms with Gasteiger partial charge in [0.2, 0.25) is 0 Å². The highest BCUT2D eigenvalue weighted by Gasteiger charge is 2.28. The van der Waals surface area contributed by atoms with Gasteiger partial charge in [0.05, 0.1) is 19.4 Å². The van der Waals surface area contributed by atoms with Crippen molar-refractivity contribution in [3.63, 3.8) is 0 Å². The van der Waals surface area contributed by atoms with Crippen LogP contribution in [-0.4, -0.2) is 23.3 Å². The lowest BCUT2D eigenvalue weighted by Gasteiger charge is -2.08. The van der Waals surface area contributed by atoms with E-state index in [1.165, 1.54) is 11.0 Å². The van der Waals surface area contributed by atoms with E-state index in [1.54, 1.807) is 42.7 Å². The molecule has 0 saturated carbocycles. The monoisotopic (exact) mass is 283 g/mol. The van der Waals surface area contributed by atoms with Gasteiger partial charge < -0.3 is 9.15 Å². The first-order valence-corrected chi connectivity index (χ1v) is 6.51. The predicted molar refractivity (Wildman–Crippen MR) is 74.5 cm³/mol. The number of cyclic esters (lactones) is 1. The van der Waals surface area contributed by atoms with Crippen LogP contribution in [0, 0.1) is 0 Å². The Hall–Kier alpha value is -2.82. The molecule has 0 aliphatic carbocycles. The largest absolute Gasteiger partial charge is 0.467 e. The normalized spacial score (nSPS) is 16.3. The Morgan fingerprint density at radius 3 is 2.71 bits per heavy atom. The van der Waals surface area contributed by atoms with Crippen LogP contribution in [0.15, 0.2) is 65.0 Å². The summed E-state index contributed by atoms with van der Waals surface area (Å²) in [7, 11) is 0. The lowest BCUT2D eigenvalue weighted by atomic mass is 10.1. The number of carbonyl (C=O) groups is 2. The van der Waals surface area contributed by atoms with Gasteiger partial charge in [-0.2, -0.15) is 0 Å². The molecule has 3 rings (SSSR count). The smallest absolute Gasteiger partial charge is 0.415 e. The molecular weight excluding hydrogens is 270 g/mol. The van der Waals surface area contributed by atoms with E-state index >= 15 is 0 Å². The number of amides is 1. The molecule has 1 amide bonds. The molecule has 106 valence electrons. The zero-order valence-electron chi connectivity index (χ0n) is 11.2. The molecule has 5 heteroatoms. The fourth-order valence-electron chi connectivity index (χ4n) is 2.08. The van der Waals surface area contributed by atoms with Crippen LogP contribution in [0.1, 0.15) is 16.1 Å². The number of ketones is 1. The quantitative estimate of drug-likeness (QED) is 0.639. The van der Waals surface area contributed by atoms with Crippen LogP contribution in [0.5, 0.6) is 0 Å². The van der Waals surface area contributed by atoms with E-state index in [0.717, 1.165) is 0 Å². The summed E-state index contributed by atoms with van der Waals surface area (Å²) in [6.45, 7) is 0.584. The maximum Gasteiger partial charge on any atom is 0.415 e. The second kappa shape index (κ2) is 5.66. The Labute approximate surface area is 121 Å². The minimum Gasteiger partial charge on any atom is -0.467 e. The first-order chi connectivity index (χ1) is 10.2. The molecule has 1 fully saturated rings. The topological polar surface area (TPSA) is 59.8 Å². The van der Waals surface area contributed by atoms with Crippen molar-refractivity contribution in [2.24, 2.45) is 0 Å². The molecule has 2 heterocycles. The molecule has 2 aromatic rings. The van der Waals surface area contributed by atoms with Gasteiger partial charge in [-0.25, -0.2) is 4.79 Å². The van der Waals surface area contributed by atoms with Crippen LogP contribution < -0.4 is 0 Å². The van der Waals surface area contributed by atoms with Crippen LogP contribution in [0.4, 0.5) is 4.79 Å². The molecule has 0 atom stereocenters. The minimum absolute atomic E-state index is 0.182. The maximum atomic E-state index is 12.0. The second-order valence-electron chi connectivity index (χ2n) is 4.64. The first-order valence-electron chi connectivity index (χ1n) is 6.51. The number of hydrogen-bond donors (Lipinski definition) is 0. The van der Waals surface area contributed by atoms with Gasteiger partial charge in [0.1, 0.15) is 11.5 Å². The van der Waals surface area contributed by atoms with Crippen LogP contribution >= 0.6 is 0 Å². The Morgan fingerprint density at radius 2 is 2.00 bits per heavy atom. The fraction of sp³-hybridized carbons (Fsp3) is 0.125. The van der Waals surface area contributed by atoms with Gasteiger partial charge in [0.15, 0.2) is 5.78 Å². The van der Waals surface area contributed by atoms with Gasteiger partial charge in [-0.3, -0.25) is 9.69 Å². The Bertz CT molecular complexity index is 674. The summed E-state index contributed by atoms with van der Waals surface area (Å²) < 4.78 is 10.3. The van der Waals surface area contributed by atoms with E-state index in [-0.39, 0.29) is 12.3 Å². The van der Waals surface area contributed by atoms with E-state index in [0.29, 0.717) is 23.6 Å². The summed E-state index contributed by atoms with van der Waals surface area (Å²) in [4.78, 5) is 25.2. The van der Waals surface area contributed by atoms with Gasteiger partial charge in [-0.05, 0) is 12.1 Å². The molecule has 1 aliphatic rings. The third-order valence-corrected chi connectivity index (χ3v) is 3.10. The molecule has 0 spiro atoms. The highest BCUT2D eigenvalue weighted by Crippen LogP contribution is 2.18. The second-order valence-corrected chi connectivity index (χ2v) is 4.64. The lowest BCUT2D eigenvalue weighted by molar-refractivity contribution is 0.104. The summed E-state index contributed by atoms with van der Waals surface area (Å²) in [5, 5.41) is 0. The molecule has 0 bridgehead atoms. The van der Waals surface area contributed by atoms with Crippen molar-refractivity contribution in [1.29, 1.82) is 0 Å². The minimum atomic E-state index is -0.474. The van der Waals surface area contributed by atoms with Crippen molar-refractivity contribution in [3.05, 3.63) is 71.9 Å². The lowest BCUT2D eigenvalue weighted by Crippen LogP contribution is -2.23. The average Bonchev–Trinajstić information content (AvgIpc) is 3.11. The zero-order chi connectivity index (χ0) is 14.7. The van der Waals surface area contributed by atoms with E-state index < -0.39 is 6.09 Å². The highest BCUT2D eigenvalue weighted by molar-refractivity contribution is 6.05. The Balaban J connectivity index is 1.69. The van der Waals surface area contributed by atoms with E-state index in [4.69, 9.17) is 9.15 Å². The summed E-state index contributed by atoms with van der Waals surface area (Å²) >= 11 is 0. The number of carbonyl (C=O) groups excluding carboxylic acids is 2. The summed E-state index contributed by atoms with van der Waals surface area (Å²) in [5.41, 5.74) is 0.561. The molecule has 1 aromatic heterocycles. The molecule has 1 saturated heterocycles. The number of furan rings is 1. The standard InChI is InChI=1S/C16H13NO4/c18-15(12-5-2-1-3-6-12)9-14-11-17(16(19)21-14)10-13-7-4-8-20-13/h1-9H,10-11H2/b14-9+. The maximum absolute atomic E-state index is 12.0. The molecule has 5 nitrogen and oxygen atoms in total. The SMILES string of the molecule is O=C(/C=C1\CN(Cc2ccco2)C(=O)O1)c1ccccc1. The van der Waals surface area contributed by atoms with Gasteiger partial charge >= 0.3 is 6.09 Å². The van der Waals surface area contributed by atoms with Crippen molar-refractivity contribution in [2.75, 3.05) is 6.54 Å². The third kappa shape index (κ3) is 3.02. The van der Waals surface area contributed by atoms with Gasteiger partial charge in [-0.15, -0.1) is 0 Å². The van der Waals surface area contributed by atoms with Crippen molar-refractivity contribution in [2.45, 2.75) is 6.54 Å². The molecule has 0 radical (unpaired) electrons. The fourth-order valence-corrected chi connectivity index (χ4v) is 2.08. The number of benzene rings is 1. The Kier molecular flexibility index (Phi) is 3.55. The zero-order valence-corrected chi connectivity index (χ0v) is 11.2. The molecule has 0 N–H and O–H groups in total. The van der Waals surface area contributed by atoms with Gasteiger partial charge in [0, 0.05) is 11.6 Å². The van der Waals surface area contributed by atoms with Gasteiger partial charge in [-0.1, -0.05) is 30.3 Å². The van der Waals surface area contributed by atoms with Crippen molar-refractivity contribution in [1.82, 2.24) is 4.90 Å². The molecular formula is C16H13NO4. The van der Waals surface area contributed by atoms with Crippen molar-refractivity contribution < 1.29 is 18.7 Å². The Morgan fingerprint density at radius 1 is 1.19 bits per heavy atom. The summed E-state index contributed by atoms with van der Waals surface area (Å²) in [6.07, 6.45) is 2.43. The van der Waals surface area contributed by atoms with Gasteiger partial charge in [0.25, 0.3) is 0 Å². The molecule has 0 unspecified atom stereocenters.